The van der Waals surface area contributed by atoms with Gasteiger partial charge >= 0.3 is 5.97 Å². The topological polar surface area (TPSA) is 78.8 Å². The summed E-state index contributed by atoms with van der Waals surface area (Å²) in [7, 11) is 2.01. The molecule has 1 aromatic carbocycles. The second kappa shape index (κ2) is 11.4. The molecule has 0 unspecified atom stereocenters. The summed E-state index contributed by atoms with van der Waals surface area (Å²) in [5.74, 6) is 0.916. The van der Waals surface area contributed by atoms with Crippen molar-refractivity contribution < 1.29 is 14.6 Å². The number of carbonyl (C=O) groups is 1. The van der Waals surface area contributed by atoms with E-state index in [2.05, 4.69) is 60.7 Å². The van der Waals surface area contributed by atoms with Crippen LogP contribution in [0, 0.1) is 26.2 Å². The molecule has 0 bridgehead atoms. The lowest BCUT2D eigenvalue weighted by molar-refractivity contribution is -0.136. The van der Waals surface area contributed by atoms with Crippen LogP contribution in [-0.2, 0) is 11.2 Å². The van der Waals surface area contributed by atoms with Crippen molar-refractivity contribution in [2.24, 2.45) is 5.41 Å². The maximum absolute atomic E-state index is 11.8. The number of rotatable bonds is 9. The van der Waals surface area contributed by atoms with E-state index in [1.165, 1.54) is 5.56 Å². The molecule has 38 heavy (non-hydrogen) atoms. The molecule has 3 heterocycles. The first-order valence-corrected chi connectivity index (χ1v) is 13.4. The number of aryl methyl sites for hydroxylation is 3. The molecule has 1 aliphatic rings. The van der Waals surface area contributed by atoms with E-state index in [0.717, 1.165) is 71.1 Å². The lowest BCUT2D eigenvalue weighted by Gasteiger charge is -2.40. The van der Waals surface area contributed by atoms with Crippen molar-refractivity contribution in [1.82, 2.24) is 9.97 Å². The van der Waals surface area contributed by atoms with Crippen molar-refractivity contribution in [3.8, 4) is 16.9 Å². The van der Waals surface area contributed by atoms with E-state index in [-0.39, 0.29) is 6.42 Å². The predicted octanol–water partition coefficient (Wildman–Crippen LogP) is 5.84. The van der Waals surface area contributed by atoms with E-state index in [1.807, 2.05) is 38.5 Å². The Labute approximate surface area is 226 Å². The first-order valence-electron chi connectivity index (χ1n) is 13.4. The number of aliphatic carboxylic acids is 1. The highest BCUT2D eigenvalue weighted by atomic mass is 16.5. The van der Waals surface area contributed by atoms with Gasteiger partial charge in [0.25, 0.3) is 0 Å². The Bertz CT molecular complexity index is 1280. The van der Waals surface area contributed by atoms with Gasteiger partial charge in [0.2, 0.25) is 0 Å². The summed E-state index contributed by atoms with van der Waals surface area (Å²) in [6, 6.07) is 10.3. The molecule has 1 aliphatic heterocycles. The van der Waals surface area contributed by atoms with Gasteiger partial charge in [-0.3, -0.25) is 9.78 Å². The molecule has 7 heteroatoms. The number of anilines is 2. The lowest BCUT2D eigenvalue weighted by atomic mass is 9.82. The smallest absolute Gasteiger partial charge is 0.307 e. The molecule has 1 fully saturated rings. The van der Waals surface area contributed by atoms with E-state index < -0.39 is 5.97 Å². The Balaban J connectivity index is 1.54. The normalized spacial score (nSPS) is 14.8. The zero-order chi connectivity index (χ0) is 27.4. The fourth-order valence-electron chi connectivity index (χ4n) is 5.04. The third-order valence-electron chi connectivity index (χ3n) is 7.59. The van der Waals surface area contributed by atoms with Gasteiger partial charge in [0, 0.05) is 54.9 Å². The summed E-state index contributed by atoms with van der Waals surface area (Å²) in [5.41, 5.74) is 7.07. The van der Waals surface area contributed by atoms with Crippen LogP contribution in [-0.4, -0.2) is 54.3 Å². The van der Waals surface area contributed by atoms with Crippen molar-refractivity contribution in [3.05, 3.63) is 65.1 Å². The standard InChI is InChI=1S/C31H40N4O3/c1-21-7-9-27(22(2)17-21)38-16-15-34(6)28-10-8-24(19-33-28)26-20-32-23(3)25(18-29(36)37)30(26)35-13-11-31(4,5)12-14-35/h7-10,17,19-20H,11-16,18H2,1-6H3,(H,36,37). The summed E-state index contributed by atoms with van der Waals surface area (Å²) in [6.45, 7) is 13.7. The minimum absolute atomic E-state index is 0.0450. The highest BCUT2D eigenvalue weighted by Crippen LogP contribution is 2.39. The average molecular weight is 517 g/mol. The van der Waals surface area contributed by atoms with Crippen molar-refractivity contribution in [2.45, 2.75) is 53.9 Å². The molecule has 2 aromatic heterocycles. The summed E-state index contributed by atoms with van der Waals surface area (Å²) in [4.78, 5) is 25.5. The molecule has 3 aromatic rings. The molecule has 0 aliphatic carbocycles. The number of piperidine rings is 1. The summed E-state index contributed by atoms with van der Waals surface area (Å²) in [6.07, 6.45) is 5.81. The number of hydrogen-bond acceptors (Lipinski definition) is 6. The van der Waals surface area contributed by atoms with E-state index in [0.29, 0.717) is 18.6 Å². The number of benzene rings is 1. The molecule has 0 radical (unpaired) electrons. The third-order valence-corrected chi connectivity index (χ3v) is 7.59. The van der Waals surface area contributed by atoms with Crippen LogP contribution in [0.15, 0.2) is 42.7 Å². The number of carboxylic acids is 1. The van der Waals surface area contributed by atoms with Crippen molar-refractivity contribution in [1.29, 1.82) is 0 Å². The monoisotopic (exact) mass is 516 g/mol. The number of likely N-dealkylation sites (N-methyl/N-ethyl adjacent to an activating group) is 1. The molecule has 1 saturated heterocycles. The van der Waals surface area contributed by atoms with Gasteiger partial charge in [-0.25, -0.2) is 4.98 Å². The Morgan fingerprint density at radius 3 is 2.45 bits per heavy atom. The van der Waals surface area contributed by atoms with Gasteiger partial charge in [0.15, 0.2) is 0 Å². The Morgan fingerprint density at radius 1 is 1.08 bits per heavy atom. The molecule has 1 N–H and O–H groups in total. The molecule has 0 saturated carbocycles. The minimum atomic E-state index is -0.844. The van der Waals surface area contributed by atoms with Gasteiger partial charge in [0.1, 0.15) is 18.2 Å². The molecular weight excluding hydrogens is 476 g/mol. The van der Waals surface area contributed by atoms with Crippen LogP contribution in [0.25, 0.3) is 11.1 Å². The fraction of sp³-hybridized carbons (Fsp3) is 0.452. The van der Waals surface area contributed by atoms with E-state index in [9.17, 15) is 9.90 Å². The van der Waals surface area contributed by atoms with E-state index in [1.54, 1.807) is 0 Å². The summed E-state index contributed by atoms with van der Waals surface area (Å²) >= 11 is 0. The van der Waals surface area contributed by atoms with E-state index >= 15 is 0 Å². The van der Waals surface area contributed by atoms with Crippen LogP contribution in [0.4, 0.5) is 11.5 Å². The molecule has 0 spiro atoms. The van der Waals surface area contributed by atoms with Crippen LogP contribution in [0.1, 0.15) is 49.1 Å². The second-order valence-corrected chi connectivity index (χ2v) is 11.3. The Hall–Kier alpha value is -3.61. The zero-order valence-corrected chi connectivity index (χ0v) is 23.5. The average Bonchev–Trinajstić information content (AvgIpc) is 2.86. The van der Waals surface area contributed by atoms with Crippen LogP contribution in [0.2, 0.25) is 0 Å². The quantitative estimate of drug-likeness (QED) is 0.383. The lowest BCUT2D eigenvalue weighted by Crippen LogP contribution is -2.38. The zero-order valence-electron chi connectivity index (χ0n) is 23.5. The minimum Gasteiger partial charge on any atom is -0.491 e. The van der Waals surface area contributed by atoms with Crippen LogP contribution < -0.4 is 14.5 Å². The van der Waals surface area contributed by atoms with Crippen LogP contribution >= 0.6 is 0 Å². The van der Waals surface area contributed by atoms with Gasteiger partial charge in [0.05, 0.1) is 18.7 Å². The number of hydrogen-bond donors (Lipinski definition) is 1. The van der Waals surface area contributed by atoms with Gasteiger partial charge in [-0.2, -0.15) is 0 Å². The highest BCUT2D eigenvalue weighted by molar-refractivity contribution is 5.84. The number of carboxylic acid groups (broad SMARTS) is 1. The molecule has 4 rings (SSSR count). The van der Waals surface area contributed by atoms with Crippen molar-refractivity contribution in [3.63, 3.8) is 0 Å². The number of nitrogens with zero attached hydrogens (tertiary/aromatic N) is 4. The highest BCUT2D eigenvalue weighted by Gasteiger charge is 2.29. The van der Waals surface area contributed by atoms with Gasteiger partial charge < -0.3 is 19.6 Å². The SMILES string of the molecule is Cc1ccc(OCCN(C)c2ccc(-c3cnc(C)c(CC(=O)O)c3N3CCC(C)(C)CC3)cn2)c(C)c1. The molecule has 0 atom stereocenters. The summed E-state index contributed by atoms with van der Waals surface area (Å²) in [5, 5.41) is 9.65. The van der Waals surface area contributed by atoms with Gasteiger partial charge in [-0.15, -0.1) is 0 Å². The third kappa shape index (κ3) is 6.44. The van der Waals surface area contributed by atoms with Crippen molar-refractivity contribution in [2.75, 3.05) is 43.1 Å². The van der Waals surface area contributed by atoms with Crippen LogP contribution in [0.5, 0.6) is 5.75 Å². The number of aromatic nitrogens is 2. The number of ether oxygens (including phenoxy) is 1. The first kappa shape index (κ1) is 27.4. The maximum Gasteiger partial charge on any atom is 0.307 e. The summed E-state index contributed by atoms with van der Waals surface area (Å²) < 4.78 is 6.00. The molecule has 0 amide bonds. The first-order chi connectivity index (χ1) is 18.0. The van der Waals surface area contributed by atoms with Crippen molar-refractivity contribution >= 4 is 17.5 Å². The fourth-order valence-corrected chi connectivity index (χ4v) is 5.04. The Kier molecular flexibility index (Phi) is 8.24. The van der Waals surface area contributed by atoms with Crippen LogP contribution in [0.3, 0.4) is 0 Å². The predicted molar refractivity (Wildman–Crippen MR) is 153 cm³/mol. The molecule has 7 nitrogen and oxygen atoms in total. The second-order valence-electron chi connectivity index (χ2n) is 11.3. The molecular formula is C31H40N4O3. The van der Waals surface area contributed by atoms with E-state index in [4.69, 9.17) is 9.72 Å². The van der Waals surface area contributed by atoms with Gasteiger partial charge in [-0.05, 0) is 62.8 Å². The largest absolute Gasteiger partial charge is 0.491 e. The van der Waals surface area contributed by atoms with Gasteiger partial charge in [-0.1, -0.05) is 31.5 Å². The number of pyridine rings is 2. The molecule has 202 valence electrons. The Morgan fingerprint density at radius 2 is 1.82 bits per heavy atom. The maximum atomic E-state index is 11.8.